The number of aryl methyl sites for hydroxylation is 1. The molecule has 1 aromatic carbocycles. The molecule has 0 heterocycles. The normalized spacial score (nSPS) is 14.0. The Morgan fingerprint density at radius 2 is 2.00 bits per heavy atom. The van der Waals surface area contributed by atoms with E-state index in [1.807, 2.05) is 26.0 Å². The van der Waals surface area contributed by atoms with Gasteiger partial charge in [0, 0.05) is 12.1 Å². The molecule has 1 rings (SSSR count). The Hall–Kier alpha value is -1.35. The maximum atomic E-state index is 11.4. The Bertz CT molecular complexity index is 390. The van der Waals surface area contributed by atoms with Crippen LogP contribution < -0.4 is 5.32 Å². The third-order valence-corrected chi connectivity index (χ3v) is 2.97. The van der Waals surface area contributed by atoms with E-state index in [1.165, 1.54) is 11.1 Å². The summed E-state index contributed by atoms with van der Waals surface area (Å²) < 4.78 is 4.94. The largest absolute Gasteiger partial charge is 0.466 e. The minimum Gasteiger partial charge on any atom is -0.466 e. The van der Waals surface area contributed by atoms with Gasteiger partial charge in [-0.1, -0.05) is 24.3 Å². The van der Waals surface area contributed by atoms with Crippen LogP contribution in [0.1, 0.15) is 44.4 Å². The van der Waals surface area contributed by atoms with Gasteiger partial charge in [0.25, 0.3) is 0 Å². The van der Waals surface area contributed by atoms with Gasteiger partial charge in [-0.15, -0.1) is 0 Å². The molecular formula is C15H23NO2. The highest BCUT2D eigenvalue weighted by Crippen LogP contribution is 2.17. The lowest BCUT2D eigenvalue weighted by molar-refractivity contribution is -0.143. The minimum absolute atomic E-state index is 0.110. The highest BCUT2D eigenvalue weighted by Gasteiger charge is 2.14. The SMILES string of the molecule is CCOC(=O)CC(C)N[C@H](C)c1ccccc1C. The molecule has 0 saturated carbocycles. The van der Waals surface area contributed by atoms with Crippen LogP contribution in [0, 0.1) is 6.92 Å². The van der Waals surface area contributed by atoms with E-state index in [0.29, 0.717) is 13.0 Å². The Morgan fingerprint density at radius 1 is 1.33 bits per heavy atom. The van der Waals surface area contributed by atoms with E-state index in [0.717, 1.165) is 0 Å². The molecule has 1 aromatic rings. The third kappa shape index (κ3) is 4.49. The number of ether oxygens (including phenoxy) is 1. The van der Waals surface area contributed by atoms with Crippen molar-refractivity contribution in [2.45, 2.75) is 46.2 Å². The first-order valence-corrected chi connectivity index (χ1v) is 6.51. The van der Waals surface area contributed by atoms with Crippen molar-refractivity contribution >= 4 is 5.97 Å². The van der Waals surface area contributed by atoms with Gasteiger partial charge in [0.15, 0.2) is 0 Å². The molecule has 0 amide bonds. The van der Waals surface area contributed by atoms with E-state index in [-0.39, 0.29) is 18.1 Å². The van der Waals surface area contributed by atoms with Crippen LogP contribution in [0.25, 0.3) is 0 Å². The summed E-state index contributed by atoms with van der Waals surface area (Å²) in [6.45, 7) is 8.49. The Balaban J connectivity index is 2.52. The number of rotatable bonds is 6. The number of carbonyl (C=O) groups excluding carboxylic acids is 1. The van der Waals surface area contributed by atoms with Gasteiger partial charge >= 0.3 is 5.97 Å². The van der Waals surface area contributed by atoms with Crippen molar-refractivity contribution in [2.24, 2.45) is 0 Å². The highest BCUT2D eigenvalue weighted by molar-refractivity contribution is 5.70. The van der Waals surface area contributed by atoms with E-state index in [9.17, 15) is 4.79 Å². The number of nitrogens with one attached hydrogen (secondary N) is 1. The summed E-state index contributed by atoms with van der Waals surface area (Å²) in [5.41, 5.74) is 2.54. The molecule has 100 valence electrons. The average molecular weight is 249 g/mol. The van der Waals surface area contributed by atoms with E-state index in [2.05, 4.69) is 31.3 Å². The summed E-state index contributed by atoms with van der Waals surface area (Å²) in [5.74, 6) is -0.144. The van der Waals surface area contributed by atoms with Crippen LogP contribution in [0.4, 0.5) is 0 Å². The number of benzene rings is 1. The third-order valence-electron chi connectivity index (χ3n) is 2.97. The maximum absolute atomic E-state index is 11.4. The second kappa shape index (κ2) is 7.17. The molecule has 0 saturated heterocycles. The predicted octanol–water partition coefficient (Wildman–Crippen LogP) is 2.99. The van der Waals surface area contributed by atoms with Crippen LogP contribution in [0.5, 0.6) is 0 Å². The van der Waals surface area contributed by atoms with E-state index in [4.69, 9.17) is 4.74 Å². The molecule has 0 fully saturated rings. The fourth-order valence-corrected chi connectivity index (χ4v) is 2.12. The topological polar surface area (TPSA) is 38.3 Å². The molecule has 1 N–H and O–H groups in total. The van der Waals surface area contributed by atoms with Crippen LogP contribution in [-0.4, -0.2) is 18.6 Å². The summed E-state index contributed by atoms with van der Waals surface area (Å²) in [6.07, 6.45) is 0.407. The zero-order chi connectivity index (χ0) is 13.5. The van der Waals surface area contributed by atoms with Gasteiger partial charge in [-0.3, -0.25) is 4.79 Å². The van der Waals surface area contributed by atoms with Crippen LogP contribution in [-0.2, 0) is 9.53 Å². The zero-order valence-corrected chi connectivity index (χ0v) is 11.7. The van der Waals surface area contributed by atoms with Gasteiger partial charge in [0.05, 0.1) is 13.0 Å². The molecule has 18 heavy (non-hydrogen) atoms. The Morgan fingerprint density at radius 3 is 2.61 bits per heavy atom. The van der Waals surface area contributed by atoms with Crippen LogP contribution in [0.3, 0.4) is 0 Å². The first kappa shape index (κ1) is 14.7. The molecule has 0 radical (unpaired) electrons. The lowest BCUT2D eigenvalue weighted by Crippen LogP contribution is -2.31. The van der Waals surface area contributed by atoms with Crippen LogP contribution in [0.15, 0.2) is 24.3 Å². The molecule has 0 bridgehead atoms. The number of hydrogen-bond donors (Lipinski definition) is 1. The molecule has 0 aliphatic heterocycles. The van der Waals surface area contributed by atoms with Gasteiger partial charge in [-0.2, -0.15) is 0 Å². The molecule has 0 spiro atoms. The summed E-state index contributed by atoms with van der Waals surface area (Å²) >= 11 is 0. The molecule has 3 heteroatoms. The van der Waals surface area contributed by atoms with Gasteiger partial charge in [-0.25, -0.2) is 0 Å². The van der Waals surface area contributed by atoms with Crippen molar-refractivity contribution in [3.8, 4) is 0 Å². The van der Waals surface area contributed by atoms with Gasteiger partial charge in [0.1, 0.15) is 0 Å². The van der Waals surface area contributed by atoms with E-state index in [1.54, 1.807) is 0 Å². The average Bonchev–Trinajstić information content (AvgIpc) is 2.29. The van der Waals surface area contributed by atoms with Crippen molar-refractivity contribution in [3.63, 3.8) is 0 Å². The van der Waals surface area contributed by atoms with E-state index >= 15 is 0 Å². The smallest absolute Gasteiger partial charge is 0.307 e. The number of hydrogen-bond acceptors (Lipinski definition) is 3. The molecule has 3 nitrogen and oxygen atoms in total. The fraction of sp³-hybridized carbons (Fsp3) is 0.533. The predicted molar refractivity (Wildman–Crippen MR) is 73.4 cm³/mol. The summed E-state index contributed by atoms with van der Waals surface area (Å²) in [5, 5.41) is 3.43. The Labute approximate surface area is 110 Å². The quantitative estimate of drug-likeness (QED) is 0.788. The zero-order valence-electron chi connectivity index (χ0n) is 11.7. The molecular weight excluding hydrogens is 226 g/mol. The summed E-state index contributed by atoms with van der Waals surface area (Å²) in [6, 6.07) is 8.63. The standard InChI is InChI=1S/C15H23NO2/c1-5-18-15(17)10-12(3)16-13(4)14-9-7-6-8-11(14)2/h6-9,12-13,16H,5,10H2,1-4H3/t12?,13-/m1/s1. The van der Waals surface area contributed by atoms with Gasteiger partial charge < -0.3 is 10.1 Å². The van der Waals surface area contributed by atoms with E-state index < -0.39 is 0 Å². The van der Waals surface area contributed by atoms with Crippen LogP contribution in [0.2, 0.25) is 0 Å². The summed E-state index contributed by atoms with van der Waals surface area (Å²) in [4.78, 5) is 11.4. The number of carbonyl (C=O) groups is 1. The molecule has 0 aromatic heterocycles. The first-order valence-electron chi connectivity index (χ1n) is 6.51. The lowest BCUT2D eigenvalue weighted by atomic mass is 10.0. The maximum Gasteiger partial charge on any atom is 0.307 e. The fourth-order valence-electron chi connectivity index (χ4n) is 2.12. The van der Waals surface area contributed by atoms with Crippen LogP contribution >= 0.6 is 0 Å². The van der Waals surface area contributed by atoms with Gasteiger partial charge in [-0.05, 0) is 38.8 Å². The number of esters is 1. The lowest BCUT2D eigenvalue weighted by Gasteiger charge is -2.21. The highest BCUT2D eigenvalue weighted by atomic mass is 16.5. The second-order valence-electron chi connectivity index (χ2n) is 4.66. The molecule has 1 unspecified atom stereocenters. The van der Waals surface area contributed by atoms with Gasteiger partial charge in [0.2, 0.25) is 0 Å². The summed E-state index contributed by atoms with van der Waals surface area (Å²) in [7, 11) is 0. The van der Waals surface area contributed by atoms with Crippen molar-refractivity contribution < 1.29 is 9.53 Å². The molecule has 2 atom stereocenters. The first-order chi connectivity index (χ1) is 8.54. The van der Waals surface area contributed by atoms with Crippen molar-refractivity contribution in [1.29, 1.82) is 0 Å². The molecule has 0 aliphatic rings. The van der Waals surface area contributed by atoms with Crippen molar-refractivity contribution in [2.75, 3.05) is 6.61 Å². The van der Waals surface area contributed by atoms with Crippen molar-refractivity contribution in [1.82, 2.24) is 5.32 Å². The Kier molecular flexibility index (Phi) is 5.86. The monoisotopic (exact) mass is 249 g/mol. The second-order valence-corrected chi connectivity index (χ2v) is 4.66. The minimum atomic E-state index is -0.144. The van der Waals surface area contributed by atoms with Crippen molar-refractivity contribution in [3.05, 3.63) is 35.4 Å². The molecule has 0 aliphatic carbocycles.